The molecule has 45 heavy (non-hydrogen) atoms. The Hall–Kier alpha value is -4.12. The highest BCUT2D eigenvalue weighted by Gasteiger charge is 2.35. The number of aryl methyl sites for hydroxylation is 1. The van der Waals surface area contributed by atoms with Crippen molar-refractivity contribution >= 4 is 27.5 Å². The van der Waals surface area contributed by atoms with Gasteiger partial charge in [-0.05, 0) is 68.1 Å². The average Bonchev–Trinajstić information content (AvgIpc) is 3.04. The summed E-state index contributed by atoms with van der Waals surface area (Å²) in [6.45, 7) is 3.25. The molecule has 0 saturated heterocycles. The number of hydrogen-bond acceptors (Lipinski definition) is 6. The van der Waals surface area contributed by atoms with E-state index in [0.717, 1.165) is 59.7 Å². The third kappa shape index (κ3) is 8.33. The van der Waals surface area contributed by atoms with Crippen molar-refractivity contribution in [2.24, 2.45) is 0 Å². The van der Waals surface area contributed by atoms with Gasteiger partial charge < -0.3 is 19.7 Å². The van der Waals surface area contributed by atoms with Gasteiger partial charge in [0.1, 0.15) is 18.4 Å². The highest BCUT2D eigenvalue weighted by molar-refractivity contribution is 7.92. The van der Waals surface area contributed by atoms with Crippen LogP contribution in [0.3, 0.4) is 0 Å². The monoisotopic (exact) mass is 639 g/mol. The van der Waals surface area contributed by atoms with Crippen LogP contribution < -0.4 is 19.1 Å². The van der Waals surface area contributed by atoms with E-state index in [1.54, 1.807) is 0 Å². The molecule has 1 aliphatic rings. The number of halogens is 1. The third-order valence-electron chi connectivity index (χ3n) is 8.11. The summed E-state index contributed by atoms with van der Waals surface area (Å²) in [4.78, 5) is 29.3. The number of anilines is 1. The molecule has 0 radical (unpaired) electrons. The van der Waals surface area contributed by atoms with Crippen molar-refractivity contribution in [1.82, 2.24) is 10.2 Å². The van der Waals surface area contributed by atoms with Crippen molar-refractivity contribution in [3.8, 4) is 11.5 Å². The molecule has 4 rings (SSSR count). The maximum absolute atomic E-state index is 14.3. The van der Waals surface area contributed by atoms with Gasteiger partial charge in [-0.3, -0.25) is 13.9 Å². The van der Waals surface area contributed by atoms with Gasteiger partial charge in [-0.15, -0.1) is 0 Å². The van der Waals surface area contributed by atoms with Gasteiger partial charge in [-0.25, -0.2) is 12.8 Å². The summed E-state index contributed by atoms with van der Waals surface area (Å²) in [6.07, 6.45) is 5.30. The highest BCUT2D eigenvalue weighted by atomic mass is 32.2. The molecule has 1 N–H and O–H groups in total. The largest absolute Gasteiger partial charge is 0.493 e. The van der Waals surface area contributed by atoms with E-state index in [1.807, 2.05) is 38.1 Å². The number of ether oxygens (including phenoxy) is 2. The summed E-state index contributed by atoms with van der Waals surface area (Å²) in [6, 6.07) is 15.8. The average molecular weight is 640 g/mol. The Balaban J connectivity index is 1.73. The van der Waals surface area contributed by atoms with Crippen molar-refractivity contribution in [1.29, 1.82) is 0 Å². The summed E-state index contributed by atoms with van der Waals surface area (Å²) in [5.74, 6) is -0.868. The molecule has 0 aliphatic heterocycles. The second-order valence-corrected chi connectivity index (χ2v) is 13.1. The summed E-state index contributed by atoms with van der Waals surface area (Å²) in [5, 5.41) is 3.14. The molecule has 3 aromatic carbocycles. The van der Waals surface area contributed by atoms with Crippen LogP contribution in [0.15, 0.2) is 71.6 Å². The number of nitrogens with one attached hydrogen (secondary N) is 1. The summed E-state index contributed by atoms with van der Waals surface area (Å²) < 4.78 is 53.8. The Morgan fingerprint density at radius 3 is 2.27 bits per heavy atom. The topological polar surface area (TPSA) is 105 Å². The molecule has 0 heterocycles. The zero-order valence-corrected chi connectivity index (χ0v) is 27.1. The number of carbonyl (C=O) groups is 2. The normalized spacial score (nSPS) is 14.3. The molecule has 11 heteroatoms. The molecule has 3 aromatic rings. The lowest BCUT2D eigenvalue weighted by Gasteiger charge is -2.34. The molecule has 1 aliphatic carbocycles. The second kappa shape index (κ2) is 15.2. The van der Waals surface area contributed by atoms with E-state index in [9.17, 15) is 22.4 Å². The summed E-state index contributed by atoms with van der Waals surface area (Å²) in [5.41, 5.74) is 1.89. The van der Waals surface area contributed by atoms with Crippen LogP contribution in [0.25, 0.3) is 0 Å². The molecule has 1 atom stereocenters. The molecule has 9 nitrogen and oxygen atoms in total. The fraction of sp³-hybridized carbons (Fsp3) is 0.412. The first-order valence-corrected chi connectivity index (χ1v) is 16.7. The molecule has 2 amide bonds. The van der Waals surface area contributed by atoms with Gasteiger partial charge in [0.25, 0.3) is 10.0 Å². The molecule has 0 spiro atoms. The van der Waals surface area contributed by atoms with Crippen LogP contribution in [-0.2, 0) is 26.2 Å². The lowest BCUT2D eigenvalue weighted by Crippen LogP contribution is -2.54. The highest BCUT2D eigenvalue weighted by Crippen LogP contribution is 2.32. The third-order valence-corrected chi connectivity index (χ3v) is 9.88. The molecular weight excluding hydrogens is 597 g/mol. The van der Waals surface area contributed by atoms with Gasteiger partial charge in [0.15, 0.2) is 11.5 Å². The van der Waals surface area contributed by atoms with Crippen LogP contribution in [0.5, 0.6) is 11.5 Å². The smallest absolute Gasteiger partial charge is 0.264 e. The number of nitrogens with zero attached hydrogens (tertiary/aromatic N) is 2. The number of methoxy groups -OCH3 is 2. The van der Waals surface area contributed by atoms with Gasteiger partial charge in [-0.1, -0.05) is 56.0 Å². The van der Waals surface area contributed by atoms with E-state index in [0.29, 0.717) is 12.2 Å². The van der Waals surface area contributed by atoms with Crippen molar-refractivity contribution in [3.63, 3.8) is 0 Å². The maximum Gasteiger partial charge on any atom is 0.264 e. The molecule has 0 aromatic heterocycles. The van der Waals surface area contributed by atoms with Gasteiger partial charge in [0, 0.05) is 18.7 Å². The number of amides is 2. The van der Waals surface area contributed by atoms with Gasteiger partial charge in [0.05, 0.1) is 24.8 Å². The SMILES string of the molecule is CCC(C(=O)NC1CCCCC1)N(Cc1cccc(C)c1)C(=O)CN(c1ccc(F)cc1)S(=O)(=O)c1ccc(OC)c(OC)c1. The predicted molar refractivity (Wildman–Crippen MR) is 171 cm³/mol. The molecule has 0 bridgehead atoms. The first kappa shape index (κ1) is 33.8. The summed E-state index contributed by atoms with van der Waals surface area (Å²) in [7, 11) is -1.55. The van der Waals surface area contributed by atoms with Crippen molar-refractivity contribution in [3.05, 3.63) is 83.7 Å². The first-order chi connectivity index (χ1) is 21.6. The van der Waals surface area contributed by atoms with Crippen molar-refractivity contribution in [2.45, 2.75) is 75.9 Å². The fourth-order valence-corrected chi connectivity index (χ4v) is 7.14. The van der Waals surface area contributed by atoms with Gasteiger partial charge in [-0.2, -0.15) is 0 Å². The lowest BCUT2D eigenvalue weighted by atomic mass is 9.95. The minimum atomic E-state index is -4.38. The molecule has 242 valence electrons. The predicted octanol–water partition coefficient (Wildman–Crippen LogP) is 5.60. The van der Waals surface area contributed by atoms with E-state index < -0.39 is 34.3 Å². The van der Waals surface area contributed by atoms with Crippen LogP contribution in [0, 0.1) is 12.7 Å². The Morgan fingerprint density at radius 2 is 1.64 bits per heavy atom. The van der Waals surface area contributed by atoms with Crippen molar-refractivity contribution in [2.75, 3.05) is 25.1 Å². The standard InChI is InChI=1S/C34H42FN3O6S/c1-5-30(34(40)36-27-12-7-6-8-13-27)37(22-25-11-9-10-24(2)20-25)33(39)23-38(28-16-14-26(35)15-17-28)45(41,42)29-18-19-31(43-3)32(21-29)44-4/h9-11,14-21,27,30H,5-8,12-13,22-23H2,1-4H3,(H,36,40). The zero-order chi connectivity index (χ0) is 32.6. The zero-order valence-electron chi connectivity index (χ0n) is 26.3. The van der Waals surface area contributed by atoms with Gasteiger partial charge in [0.2, 0.25) is 11.8 Å². The molecule has 1 saturated carbocycles. The number of carbonyl (C=O) groups excluding carboxylic acids is 2. The molecule has 1 unspecified atom stereocenters. The Bertz CT molecular complexity index is 1570. The van der Waals surface area contributed by atoms with Crippen LogP contribution in [0.2, 0.25) is 0 Å². The number of rotatable bonds is 13. The Labute approximate surface area is 265 Å². The van der Waals surface area contributed by atoms with Crippen LogP contribution >= 0.6 is 0 Å². The van der Waals surface area contributed by atoms with Crippen LogP contribution in [0.1, 0.15) is 56.6 Å². The van der Waals surface area contributed by atoms with Gasteiger partial charge >= 0.3 is 0 Å². The Kier molecular flexibility index (Phi) is 11.4. The van der Waals surface area contributed by atoms with Crippen LogP contribution in [-0.4, -0.2) is 58.0 Å². The minimum Gasteiger partial charge on any atom is -0.493 e. The number of sulfonamides is 1. The van der Waals surface area contributed by atoms with E-state index >= 15 is 0 Å². The van der Waals surface area contributed by atoms with E-state index in [4.69, 9.17) is 9.47 Å². The Morgan fingerprint density at radius 1 is 0.956 bits per heavy atom. The summed E-state index contributed by atoms with van der Waals surface area (Å²) >= 11 is 0. The lowest BCUT2D eigenvalue weighted by molar-refractivity contribution is -0.140. The quantitative estimate of drug-likeness (QED) is 0.261. The minimum absolute atomic E-state index is 0.0392. The molecule has 1 fully saturated rings. The number of hydrogen-bond donors (Lipinski definition) is 1. The van der Waals surface area contributed by atoms with Crippen LogP contribution in [0.4, 0.5) is 10.1 Å². The molecular formula is C34H42FN3O6S. The second-order valence-electron chi connectivity index (χ2n) is 11.3. The first-order valence-electron chi connectivity index (χ1n) is 15.2. The number of benzene rings is 3. The van der Waals surface area contributed by atoms with E-state index in [-0.39, 0.29) is 34.8 Å². The van der Waals surface area contributed by atoms with E-state index in [1.165, 1.54) is 49.5 Å². The fourth-order valence-electron chi connectivity index (χ4n) is 5.71. The maximum atomic E-state index is 14.3. The van der Waals surface area contributed by atoms with E-state index in [2.05, 4.69) is 5.32 Å². The van der Waals surface area contributed by atoms with Crippen molar-refractivity contribution < 1.29 is 31.9 Å².